The van der Waals surface area contributed by atoms with E-state index in [1.54, 1.807) is 5.57 Å². The fourth-order valence-electron chi connectivity index (χ4n) is 2.94. The minimum absolute atomic E-state index is 0.475. The van der Waals surface area contributed by atoms with Crippen molar-refractivity contribution < 1.29 is 4.74 Å². The molecule has 16 heavy (non-hydrogen) atoms. The molecule has 1 fully saturated rings. The smallest absolute Gasteiger partial charge is 0.0700 e. The summed E-state index contributed by atoms with van der Waals surface area (Å²) in [6, 6.07) is 0. The van der Waals surface area contributed by atoms with E-state index in [1.165, 1.54) is 25.7 Å². The predicted octanol–water partition coefficient (Wildman–Crippen LogP) is 2.75. The Morgan fingerprint density at radius 3 is 2.94 bits per heavy atom. The van der Waals surface area contributed by atoms with Crippen LogP contribution >= 0.6 is 0 Å². The average molecular weight is 223 g/mol. The minimum atomic E-state index is 0.475. The zero-order chi connectivity index (χ0) is 11.4. The van der Waals surface area contributed by atoms with Crippen LogP contribution in [0.3, 0.4) is 0 Å². The van der Waals surface area contributed by atoms with Gasteiger partial charge in [0.15, 0.2) is 0 Å². The van der Waals surface area contributed by atoms with Crippen LogP contribution in [-0.4, -0.2) is 25.8 Å². The summed E-state index contributed by atoms with van der Waals surface area (Å²) in [5.41, 5.74) is 1.58. The summed E-state index contributed by atoms with van der Waals surface area (Å²) in [5, 5.41) is 3.59. The lowest BCUT2D eigenvalue weighted by Gasteiger charge is -2.29. The molecule has 1 aliphatic heterocycles. The van der Waals surface area contributed by atoms with Gasteiger partial charge < -0.3 is 10.1 Å². The van der Waals surface area contributed by atoms with Gasteiger partial charge in [0.1, 0.15) is 0 Å². The normalized spacial score (nSPS) is 35.1. The molecule has 0 spiro atoms. The Kier molecular flexibility index (Phi) is 4.42. The first-order valence-corrected chi connectivity index (χ1v) is 6.76. The van der Waals surface area contributed by atoms with Gasteiger partial charge >= 0.3 is 0 Å². The van der Waals surface area contributed by atoms with Gasteiger partial charge in [-0.05, 0) is 44.4 Å². The third-order valence-corrected chi connectivity index (χ3v) is 4.12. The second kappa shape index (κ2) is 5.83. The van der Waals surface area contributed by atoms with Crippen molar-refractivity contribution >= 4 is 0 Å². The Morgan fingerprint density at radius 1 is 1.38 bits per heavy atom. The lowest BCUT2D eigenvalue weighted by atomic mass is 9.80. The third-order valence-electron chi connectivity index (χ3n) is 4.12. The summed E-state index contributed by atoms with van der Waals surface area (Å²) in [7, 11) is 0. The second-order valence-corrected chi connectivity index (χ2v) is 5.40. The van der Waals surface area contributed by atoms with Gasteiger partial charge in [-0.15, -0.1) is 0 Å². The lowest BCUT2D eigenvalue weighted by molar-refractivity contribution is 0.109. The number of hydrogen-bond acceptors (Lipinski definition) is 2. The fraction of sp³-hybridized carbons (Fsp3) is 0.857. The second-order valence-electron chi connectivity index (χ2n) is 5.40. The Labute approximate surface area is 99.4 Å². The zero-order valence-corrected chi connectivity index (χ0v) is 10.7. The average Bonchev–Trinajstić information content (AvgIpc) is 2.75. The van der Waals surface area contributed by atoms with E-state index in [0.717, 1.165) is 31.5 Å². The van der Waals surface area contributed by atoms with Gasteiger partial charge in [0.25, 0.3) is 0 Å². The molecular formula is C14H25NO. The van der Waals surface area contributed by atoms with Gasteiger partial charge in [-0.2, -0.15) is 0 Å². The van der Waals surface area contributed by atoms with Crippen LogP contribution in [0.4, 0.5) is 0 Å². The maximum Gasteiger partial charge on any atom is 0.0700 e. The molecule has 0 radical (unpaired) electrons. The van der Waals surface area contributed by atoms with Gasteiger partial charge in [0.05, 0.1) is 6.10 Å². The van der Waals surface area contributed by atoms with E-state index >= 15 is 0 Å². The molecule has 2 aliphatic rings. The SMILES string of the molecule is CC1=CCC[C@H](C)[C@H]1CNC[C@H]1CCCO1. The van der Waals surface area contributed by atoms with Crippen molar-refractivity contribution in [1.29, 1.82) is 0 Å². The number of allylic oxidation sites excluding steroid dienone is 1. The highest BCUT2D eigenvalue weighted by Gasteiger charge is 2.22. The van der Waals surface area contributed by atoms with Crippen molar-refractivity contribution in [3.63, 3.8) is 0 Å². The Hall–Kier alpha value is -0.340. The summed E-state index contributed by atoms with van der Waals surface area (Å²) in [5.74, 6) is 1.58. The van der Waals surface area contributed by atoms with E-state index in [4.69, 9.17) is 4.74 Å². The van der Waals surface area contributed by atoms with Crippen LogP contribution in [0.5, 0.6) is 0 Å². The van der Waals surface area contributed by atoms with Crippen molar-refractivity contribution in [3.8, 4) is 0 Å². The molecule has 3 atom stereocenters. The van der Waals surface area contributed by atoms with Gasteiger partial charge in [-0.3, -0.25) is 0 Å². The van der Waals surface area contributed by atoms with E-state index < -0.39 is 0 Å². The predicted molar refractivity (Wildman–Crippen MR) is 67.5 cm³/mol. The van der Waals surface area contributed by atoms with Crippen LogP contribution in [0.25, 0.3) is 0 Å². The topological polar surface area (TPSA) is 21.3 Å². The Morgan fingerprint density at radius 2 is 2.25 bits per heavy atom. The van der Waals surface area contributed by atoms with Crippen molar-refractivity contribution in [2.45, 2.75) is 45.6 Å². The van der Waals surface area contributed by atoms with E-state index in [0.29, 0.717) is 6.10 Å². The van der Waals surface area contributed by atoms with Crippen molar-refractivity contribution in [1.82, 2.24) is 5.32 Å². The molecule has 0 aromatic carbocycles. The van der Waals surface area contributed by atoms with Crippen LogP contribution in [0.15, 0.2) is 11.6 Å². The molecule has 0 aromatic rings. The maximum atomic E-state index is 5.62. The van der Waals surface area contributed by atoms with E-state index in [1.807, 2.05) is 0 Å². The molecule has 1 heterocycles. The fourth-order valence-corrected chi connectivity index (χ4v) is 2.94. The first-order chi connectivity index (χ1) is 7.77. The quantitative estimate of drug-likeness (QED) is 0.740. The van der Waals surface area contributed by atoms with Crippen molar-refractivity contribution in [3.05, 3.63) is 11.6 Å². The molecule has 1 saturated heterocycles. The number of hydrogen-bond donors (Lipinski definition) is 1. The Bertz CT molecular complexity index is 243. The summed E-state index contributed by atoms with van der Waals surface area (Å²) in [6.07, 6.45) is 7.99. The molecule has 2 nitrogen and oxygen atoms in total. The molecule has 92 valence electrons. The third kappa shape index (κ3) is 3.08. The highest BCUT2D eigenvalue weighted by Crippen LogP contribution is 2.29. The first kappa shape index (κ1) is 12.1. The van der Waals surface area contributed by atoms with Gasteiger partial charge in [-0.25, -0.2) is 0 Å². The van der Waals surface area contributed by atoms with Crippen LogP contribution < -0.4 is 5.32 Å². The highest BCUT2D eigenvalue weighted by molar-refractivity contribution is 5.09. The van der Waals surface area contributed by atoms with Gasteiger partial charge in [-0.1, -0.05) is 18.6 Å². The summed E-state index contributed by atoms with van der Waals surface area (Å²) in [4.78, 5) is 0. The van der Waals surface area contributed by atoms with Crippen LogP contribution in [-0.2, 0) is 4.74 Å². The lowest BCUT2D eigenvalue weighted by Crippen LogP contribution is -2.34. The summed E-state index contributed by atoms with van der Waals surface area (Å²) < 4.78 is 5.62. The van der Waals surface area contributed by atoms with Crippen molar-refractivity contribution in [2.75, 3.05) is 19.7 Å². The van der Waals surface area contributed by atoms with E-state index in [-0.39, 0.29) is 0 Å². The standard InChI is InChI=1S/C14H25NO/c1-11-5-3-6-12(2)14(11)10-15-9-13-7-4-8-16-13/h5,12-15H,3-4,6-10H2,1-2H3/t12-,13+,14-/m0/s1. The molecule has 0 unspecified atom stereocenters. The van der Waals surface area contributed by atoms with Crippen molar-refractivity contribution in [2.24, 2.45) is 11.8 Å². The van der Waals surface area contributed by atoms with Gasteiger partial charge in [0.2, 0.25) is 0 Å². The largest absolute Gasteiger partial charge is 0.377 e. The van der Waals surface area contributed by atoms with E-state index in [2.05, 4.69) is 25.2 Å². The molecular weight excluding hydrogens is 198 g/mol. The molecule has 0 amide bonds. The molecule has 2 rings (SSSR count). The van der Waals surface area contributed by atoms with E-state index in [9.17, 15) is 0 Å². The Balaban J connectivity index is 1.71. The maximum absolute atomic E-state index is 5.62. The molecule has 2 heteroatoms. The highest BCUT2D eigenvalue weighted by atomic mass is 16.5. The van der Waals surface area contributed by atoms with Crippen LogP contribution in [0.2, 0.25) is 0 Å². The number of nitrogens with one attached hydrogen (secondary N) is 1. The molecule has 1 N–H and O–H groups in total. The number of ether oxygens (including phenoxy) is 1. The summed E-state index contributed by atoms with van der Waals surface area (Å²) >= 11 is 0. The van der Waals surface area contributed by atoms with Gasteiger partial charge in [0, 0.05) is 19.7 Å². The number of rotatable bonds is 4. The molecule has 0 saturated carbocycles. The zero-order valence-electron chi connectivity index (χ0n) is 10.7. The van der Waals surface area contributed by atoms with Crippen LogP contribution in [0, 0.1) is 11.8 Å². The monoisotopic (exact) mass is 223 g/mol. The first-order valence-electron chi connectivity index (χ1n) is 6.76. The summed E-state index contributed by atoms with van der Waals surface area (Å²) in [6.45, 7) is 7.80. The molecule has 0 bridgehead atoms. The van der Waals surface area contributed by atoms with Crippen LogP contribution in [0.1, 0.15) is 39.5 Å². The molecule has 1 aliphatic carbocycles. The minimum Gasteiger partial charge on any atom is -0.377 e. The molecule has 0 aromatic heterocycles.